The summed E-state index contributed by atoms with van der Waals surface area (Å²) >= 11 is 0. The maximum atomic E-state index is 12.0. The number of hydrogen-bond acceptors (Lipinski definition) is 5. The predicted molar refractivity (Wildman–Crippen MR) is 85.8 cm³/mol. The molecule has 0 spiro atoms. The lowest BCUT2D eigenvalue weighted by Gasteiger charge is -2.19. The summed E-state index contributed by atoms with van der Waals surface area (Å²) in [4.78, 5) is 46.1. The van der Waals surface area contributed by atoms with Gasteiger partial charge in [0.15, 0.2) is 6.10 Å². The highest BCUT2D eigenvalue weighted by Gasteiger charge is 2.23. The number of nitrogens with one attached hydrogen (secondary N) is 3. The fourth-order valence-electron chi connectivity index (χ4n) is 1.92. The molecule has 0 aromatic heterocycles. The largest absolute Gasteiger partial charge is 0.452 e. The van der Waals surface area contributed by atoms with E-state index in [4.69, 9.17) is 4.74 Å². The van der Waals surface area contributed by atoms with E-state index < -0.39 is 30.1 Å². The fraction of sp³-hybridized carbons (Fsp3) is 0.375. The van der Waals surface area contributed by atoms with Crippen molar-refractivity contribution in [2.75, 3.05) is 7.05 Å². The minimum atomic E-state index is -1.14. The second-order valence-electron chi connectivity index (χ2n) is 5.07. The van der Waals surface area contributed by atoms with Crippen LogP contribution < -0.4 is 16.0 Å². The molecule has 0 aliphatic heterocycles. The summed E-state index contributed by atoms with van der Waals surface area (Å²) in [5, 5.41) is 6.90. The van der Waals surface area contributed by atoms with Crippen molar-refractivity contribution in [2.24, 2.45) is 0 Å². The Morgan fingerprint density at radius 1 is 1.12 bits per heavy atom. The third kappa shape index (κ3) is 6.47. The maximum Gasteiger partial charge on any atom is 0.321 e. The van der Waals surface area contributed by atoms with E-state index in [2.05, 4.69) is 10.6 Å². The quantitative estimate of drug-likeness (QED) is 0.660. The average Bonchev–Trinajstić information content (AvgIpc) is 2.54. The third-order valence-corrected chi connectivity index (χ3v) is 3.09. The molecular formula is C16H21N3O5. The van der Waals surface area contributed by atoms with Crippen molar-refractivity contribution in [3.8, 4) is 0 Å². The first-order valence-electron chi connectivity index (χ1n) is 7.37. The van der Waals surface area contributed by atoms with Crippen LogP contribution in [0.4, 0.5) is 4.79 Å². The molecule has 8 nitrogen and oxygen atoms in total. The van der Waals surface area contributed by atoms with Gasteiger partial charge in [-0.15, -0.1) is 0 Å². The van der Waals surface area contributed by atoms with Gasteiger partial charge in [0.1, 0.15) is 0 Å². The molecule has 1 aromatic rings. The van der Waals surface area contributed by atoms with Crippen LogP contribution in [0.1, 0.15) is 31.9 Å². The smallest absolute Gasteiger partial charge is 0.321 e. The maximum absolute atomic E-state index is 12.0. The van der Waals surface area contributed by atoms with E-state index >= 15 is 0 Å². The van der Waals surface area contributed by atoms with Crippen LogP contribution >= 0.6 is 0 Å². The molecule has 130 valence electrons. The van der Waals surface area contributed by atoms with E-state index in [1.54, 1.807) is 24.3 Å². The Labute approximate surface area is 139 Å². The van der Waals surface area contributed by atoms with Crippen LogP contribution in [-0.4, -0.2) is 37.0 Å². The molecule has 1 rings (SSSR count). The molecule has 1 aromatic carbocycles. The number of imide groups is 1. The van der Waals surface area contributed by atoms with Gasteiger partial charge in [-0.3, -0.25) is 19.7 Å². The molecule has 4 amide bonds. The van der Waals surface area contributed by atoms with Crippen LogP contribution in [-0.2, 0) is 19.1 Å². The minimum Gasteiger partial charge on any atom is -0.452 e. The highest BCUT2D eigenvalue weighted by atomic mass is 16.5. The van der Waals surface area contributed by atoms with E-state index in [-0.39, 0.29) is 12.3 Å². The molecule has 2 atom stereocenters. The number of carbonyl (C=O) groups is 4. The van der Waals surface area contributed by atoms with E-state index in [1.165, 1.54) is 20.9 Å². The van der Waals surface area contributed by atoms with Gasteiger partial charge in [-0.05, 0) is 12.5 Å². The number of amides is 4. The molecule has 0 radical (unpaired) electrons. The van der Waals surface area contributed by atoms with Crippen molar-refractivity contribution in [1.82, 2.24) is 16.0 Å². The van der Waals surface area contributed by atoms with Crippen LogP contribution in [0.3, 0.4) is 0 Å². The van der Waals surface area contributed by atoms with Gasteiger partial charge < -0.3 is 15.4 Å². The minimum absolute atomic E-state index is 0.138. The monoisotopic (exact) mass is 335 g/mol. The van der Waals surface area contributed by atoms with Crippen molar-refractivity contribution in [1.29, 1.82) is 0 Å². The number of carbonyl (C=O) groups excluding carboxylic acids is 4. The molecule has 0 unspecified atom stereocenters. The highest BCUT2D eigenvalue weighted by Crippen LogP contribution is 2.17. The normalized spacial score (nSPS) is 12.5. The number of urea groups is 1. The van der Waals surface area contributed by atoms with E-state index in [9.17, 15) is 19.2 Å². The summed E-state index contributed by atoms with van der Waals surface area (Å²) in [7, 11) is 1.36. The first-order chi connectivity index (χ1) is 11.3. The molecule has 0 fully saturated rings. The number of benzene rings is 1. The zero-order valence-electron chi connectivity index (χ0n) is 13.8. The topological polar surface area (TPSA) is 114 Å². The molecule has 0 aliphatic rings. The molecule has 0 saturated heterocycles. The molecule has 24 heavy (non-hydrogen) atoms. The Morgan fingerprint density at radius 2 is 1.75 bits per heavy atom. The number of ether oxygens (including phenoxy) is 1. The lowest BCUT2D eigenvalue weighted by Crippen LogP contribution is -2.43. The fourth-order valence-corrected chi connectivity index (χ4v) is 1.92. The van der Waals surface area contributed by atoms with E-state index in [1.807, 2.05) is 11.4 Å². The van der Waals surface area contributed by atoms with Gasteiger partial charge in [0.2, 0.25) is 5.91 Å². The molecule has 0 saturated carbocycles. The standard InChI is InChI=1S/C16H21N3O5/c1-10(15(22)19-16(23)17-3)24-14(21)9-13(18-11(2)20)12-7-5-4-6-8-12/h4-8,10,13H,9H2,1-3H3,(H,18,20)(H2,17,19,22,23)/t10-,13-/m1/s1. The van der Waals surface area contributed by atoms with Crippen molar-refractivity contribution in [2.45, 2.75) is 32.4 Å². The van der Waals surface area contributed by atoms with E-state index in [0.29, 0.717) is 0 Å². The molecule has 8 heteroatoms. The first-order valence-corrected chi connectivity index (χ1v) is 7.37. The molecule has 0 aliphatic carbocycles. The lowest BCUT2D eigenvalue weighted by atomic mass is 10.0. The van der Waals surface area contributed by atoms with Crippen molar-refractivity contribution >= 4 is 23.8 Å². The Bertz CT molecular complexity index is 603. The summed E-state index contributed by atoms with van der Waals surface area (Å²) in [6.45, 7) is 2.70. The van der Waals surface area contributed by atoms with Gasteiger partial charge in [0, 0.05) is 14.0 Å². The second kappa shape index (κ2) is 9.29. The summed E-state index contributed by atoms with van der Waals surface area (Å²) in [6, 6.07) is 7.68. The molecular weight excluding hydrogens is 314 g/mol. The Hall–Kier alpha value is -2.90. The summed E-state index contributed by atoms with van der Waals surface area (Å²) in [5.41, 5.74) is 0.743. The zero-order chi connectivity index (χ0) is 18.1. The van der Waals surface area contributed by atoms with Crippen molar-refractivity contribution in [3.05, 3.63) is 35.9 Å². The SMILES string of the molecule is CNC(=O)NC(=O)[C@@H](C)OC(=O)C[C@@H](NC(C)=O)c1ccccc1. The second-order valence-corrected chi connectivity index (χ2v) is 5.07. The van der Waals surface area contributed by atoms with Crippen LogP contribution in [0.25, 0.3) is 0 Å². The third-order valence-electron chi connectivity index (χ3n) is 3.09. The Kier molecular flexibility index (Phi) is 7.41. The number of rotatable bonds is 6. The number of esters is 1. The van der Waals surface area contributed by atoms with Crippen molar-refractivity contribution < 1.29 is 23.9 Å². The summed E-state index contributed by atoms with van der Waals surface area (Å²) < 4.78 is 5.01. The van der Waals surface area contributed by atoms with Gasteiger partial charge in [-0.25, -0.2) is 4.79 Å². The van der Waals surface area contributed by atoms with Crippen LogP contribution in [0.15, 0.2) is 30.3 Å². The average molecular weight is 335 g/mol. The van der Waals surface area contributed by atoms with Crippen molar-refractivity contribution in [3.63, 3.8) is 0 Å². The predicted octanol–water partition coefficient (Wildman–Crippen LogP) is 0.641. The molecule has 0 bridgehead atoms. The zero-order valence-corrected chi connectivity index (χ0v) is 13.8. The first kappa shape index (κ1) is 19.1. The van der Waals surface area contributed by atoms with Crippen LogP contribution in [0.5, 0.6) is 0 Å². The van der Waals surface area contributed by atoms with Gasteiger partial charge in [0.25, 0.3) is 5.91 Å². The number of hydrogen-bond donors (Lipinski definition) is 3. The van der Waals surface area contributed by atoms with Crippen LogP contribution in [0, 0.1) is 0 Å². The molecule has 3 N–H and O–H groups in total. The Balaban J connectivity index is 2.66. The summed E-state index contributed by atoms with van der Waals surface area (Å²) in [5.74, 6) is -1.70. The van der Waals surface area contributed by atoms with Gasteiger partial charge >= 0.3 is 12.0 Å². The lowest BCUT2D eigenvalue weighted by molar-refractivity contribution is -0.155. The van der Waals surface area contributed by atoms with Gasteiger partial charge in [0.05, 0.1) is 12.5 Å². The van der Waals surface area contributed by atoms with Gasteiger partial charge in [-0.1, -0.05) is 30.3 Å². The van der Waals surface area contributed by atoms with E-state index in [0.717, 1.165) is 5.56 Å². The van der Waals surface area contributed by atoms with Gasteiger partial charge in [-0.2, -0.15) is 0 Å². The molecule has 0 heterocycles. The Morgan fingerprint density at radius 3 is 2.29 bits per heavy atom. The highest BCUT2D eigenvalue weighted by molar-refractivity contribution is 5.97. The summed E-state index contributed by atoms with van der Waals surface area (Å²) in [6.07, 6.45) is -1.27. The van der Waals surface area contributed by atoms with Crippen LogP contribution in [0.2, 0.25) is 0 Å².